The number of nitrogens with zero attached hydrogens (tertiary/aromatic N) is 2. The molecule has 1 N–H and O–H groups in total. The molecule has 0 amide bonds. The van der Waals surface area contributed by atoms with Crippen LogP contribution < -0.4 is 4.74 Å². The van der Waals surface area contributed by atoms with Crippen molar-refractivity contribution in [1.29, 1.82) is 0 Å². The topological polar surface area (TPSA) is 113 Å². The van der Waals surface area contributed by atoms with Gasteiger partial charge in [0.2, 0.25) is 0 Å². The number of aromatic nitrogens is 2. The van der Waals surface area contributed by atoms with Gasteiger partial charge >= 0.3 is 7.82 Å². The summed E-state index contributed by atoms with van der Waals surface area (Å²) in [6, 6.07) is 1.78. The van der Waals surface area contributed by atoms with Crippen LogP contribution in [0.25, 0.3) is 0 Å². The molecule has 2 atom stereocenters. The highest BCUT2D eigenvalue weighted by atomic mass is 32.1. The maximum absolute atomic E-state index is 12.1. The van der Waals surface area contributed by atoms with E-state index in [-0.39, 0.29) is 19.8 Å². The SMILES string of the molecule is CCCCCCCCCCCCCCCc1cc(OCC(COP(=O)(O)OCCc2nccs2)OC)no1. The molecule has 11 heteroatoms. The molecule has 2 heterocycles. The number of aryl methyl sites for hydroxylation is 1. The van der Waals surface area contributed by atoms with Gasteiger partial charge in [-0.15, -0.1) is 11.3 Å². The van der Waals surface area contributed by atoms with Crippen molar-refractivity contribution in [1.82, 2.24) is 10.1 Å². The Bertz CT molecular complexity index is 865. The second-order valence-electron chi connectivity index (χ2n) is 9.57. The predicted octanol–water partition coefficient (Wildman–Crippen LogP) is 7.53. The molecule has 0 aliphatic rings. The zero-order chi connectivity index (χ0) is 27.3. The number of thiazole rings is 1. The van der Waals surface area contributed by atoms with Crippen LogP contribution in [0.5, 0.6) is 5.88 Å². The van der Waals surface area contributed by atoms with E-state index >= 15 is 0 Å². The van der Waals surface area contributed by atoms with Crippen LogP contribution in [0, 0.1) is 0 Å². The molecule has 0 radical (unpaired) electrons. The van der Waals surface area contributed by atoms with Crippen LogP contribution in [-0.2, 0) is 31.2 Å². The number of unbranched alkanes of at least 4 members (excludes halogenated alkanes) is 12. The third kappa shape index (κ3) is 16.0. The highest BCUT2D eigenvalue weighted by molar-refractivity contribution is 7.47. The van der Waals surface area contributed by atoms with Gasteiger partial charge in [0, 0.05) is 37.6 Å². The number of phosphoric acid groups is 1. The van der Waals surface area contributed by atoms with E-state index in [9.17, 15) is 9.46 Å². The molecule has 0 spiro atoms. The minimum Gasteiger partial charge on any atom is -0.473 e. The monoisotopic (exact) mass is 574 g/mol. The molecule has 2 unspecified atom stereocenters. The summed E-state index contributed by atoms with van der Waals surface area (Å²) >= 11 is 1.46. The molecule has 0 aromatic carbocycles. The third-order valence-electron chi connectivity index (χ3n) is 6.29. The number of hydrogen-bond acceptors (Lipinski definition) is 9. The summed E-state index contributed by atoms with van der Waals surface area (Å²) in [6.07, 6.45) is 19.6. The van der Waals surface area contributed by atoms with Crippen LogP contribution >= 0.6 is 19.2 Å². The van der Waals surface area contributed by atoms with Gasteiger partial charge in [-0.2, -0.15) is 0 Å². The first kappa shape index (κ1) is 32.9. The van der Waals surface area contributed by atoms with Gasteiger partial charge in [-0.05, 0) is 11.6 Å². The normalized spacial score (nSPS) is 14.0. The molecule has 0 saturated carbocycles. The van der Waals surface area contributed by atoms with Gasteiger partial charge in [0.25, 0.3) is 5.88 Å². The highest BCUT2D eigenvalue weighted by Gasteiger charge is 2.24. The van der Waals surface area contributed by atoms with E-state index in [1.807, 2.05) is 5.38 Å². The Labute approximate surface area is 232 Å². The summed E-state index contributed by atoms with van der Waals surface area (Å²) < 4.78 is 38.4. The molecule has 0 fully saturated rings. The molecule has 9 nitrogen and oxygen atoms in total. The minimum atomic E-state index is -4.20. The standard InChI is InChI=1S/C27H47N2O7PS/c1-3-4-5-6-7-8-9-10-11-12-13-14-15-16-24-21-26(29-36-24)33-22-25(32-2)23-35-37(30,31)34-19-17-27-28-18-20-38-27/h18,20-21,25H,3-17,19,22-23H2,1-2H3,(H,30,31). The summed E-state index contributed by atoms with van der Waals surface area (Å²) in [5, 5.41) is 6.62. The first-order valence-electron chi connectivity index (χ1n) is 14.1. The lowest BCUT2D eigenvalue weighted by Crippen LogP contribution is -2.25. The summed E-state index contributed by atoms with van der Waals surface area (Å²) in [6.45, 7) is 2.24. The summed E-state index contributed by atoms with van der Waals surface area (Å²) in [5.41, 5.74) is 0. The lowest BCUT2D eigenvalue weighted by atomic mass is 10.0. The lowest BCUT2D eigenvalue weighted by Gasteiger charge is -2.17. The maximum atomic E-state index is 12.1. The number of phosphoric ester groups is 1. The van der Waals surface area contributed by atoms with Crippen LogP contribution in [0.3, 0.4) is 0 Å². The molecule has 2 aromatic heterocycles. The lowest BCUT2D eigenvalue weighted by molar-refractivity contribution is 0.0101. The van der Waals surface area contributed by atoms with Crippen LogP contribution in [0.2, 0.25) is 0 Å². The molecule has 0 aliphatic heterocycles. The van der Waals surface area contributed by atoms with Crippen molar-refractivity contribution >= 4 is 19.2 Å². The molecular formula is C27H47N2O7PS. The fourth-order valence-corrected chi connectivity index (χ4v) is 5.35. The molecule has 38 heavy (non-hydrogen) atoms. The molecule has 0 saturated heterocycles. The van der Waals surface area contributed by atoms with Gasteiger partial charge in [-0.1, -0.05) is 84.0 Å². The fourth-order valence-electron chi connectivity index (χ4n) is 4.00. The summed E-state index contributed by atoms with van der Waals surface area (Å²) in [7, 11) is -2.72. The Morgan fingerprint density at radius 1 is 0.947 bits per heavy atom. The smallest absolute Gasteiger partial charge is 0.472 e. The van der Waals surface area contributed by atoms with Crippen molar-refractivity contribution in [2.24, 2.45) is 0 Å². The molecule has 2 rings (SSSR count). The highest BCUT2D eigenvalue weighted by Crippen LogP contribution is 2.43. The van der Waals surface area contributed by atoms with E-state index in [1.165, 1.54) is 95.5 Å². The first-order chi connectivity index (χ1) is 18.5. The van der Waals surface area contributed by atoms with E-state index in [0.29, 0.717) is 12.3 Å². The van der Waals surface area contributed by atoms with Crippen molar-refractivity contribution in [2.75, 3.05) is 26.9 Å². The summed E-state index contributed by atoms with van der Waals surface area (Å²) in [5.74, 6) is 1.16. The molecule has 2 aromatic rings. The molecule has 0 aliphatic carbocycles. The number of rotatable bonds is 25. The average molecular weight is 575 g/mol. The van der Waals surface area contributed by atoms with Crippen LogP contribution in [0.4, 0.5) is 0 Å². The third-order valence-corrected chi connectivity index (χ3v) is 8.12. The molecule has 0 bridgehead atoms. The Hall–Kier alpha value is -1.29. The van der Waals surface area contributed by atoms with Crippen LogP contribution in [-0.4, -0.2) is 48.1 Å². The van der Waals surface area contributed by atoms with Crippen molar-refractivity contribution in [3.05, 3.63) is 28.4 Å². The number of ether oxygens (including phenoxy) is 2. The van der Waals surface area contributed by atoms with Crippen LogP contribution in [0.15, 0.2) is 22.2 Å². The minimum absolute atomic E-state index is 0.0381. The van der Waals surface area contributed by atoms with E-state index < -0.39 is 13.9 Å². The van der Waals surface area contributed by atoms with E-state index in [0.717, 1.165) is 23.6 Å². The number of hydrogen-bond donors (Lipinski definition) is 1. The molecular weight excluding hydrogens is 527 g/mol. The first-order valence-corrected chi connectivity index (χ1v) is 16.5. The zero-order valence-electron chi connectivity index (χ0n) is 23.2. The zero-order valence-corrected chi connectivity index (χ0v) is 24.9. The van der Waals surface area contributed by atoms with Crippen molar-refractivity contribution < 1.29 is 32.5 Å². The fraction of sp³-hybridized carbons (Fsp3) is 0.778. The second-order valence-corrected chi connectivity index (χ2v) is 12.0. The van der Waals surface area contributed by atoms with E-state index in [2.05, 4.69) is 17.1 Å². The average Bonchev–Trinajstić information content (AvgIpc) is 3.59. The van der Waals surface area contributed by atoms with E-state index in [1.54, 1.807) is 12.3 Å². The summed E-state index contributed by atoms with van der Waals surface area (Å²) in [4.78, 5) is 14.0. The van der Waals surface area contributed by atoms with Crippen LogP contribution in [0.1, 0.15) is 101 Å². The Kier molecular flexibility index (Phi) is 17.8. The van der Waals surface area contributed by atoms with Gasteiger partial charge in [-0.3, -0.25) is 9.05 Å². The Morgan fingerprint density at radius 3 is 2.21 bits per heavy atom. The van der Waals surface area contributed by atoms with E-state index in [4.69, 9.17) is 23.0 Å². The van der Waals surface area contributed by atoms with Gasteiger partial charge in [0.1, 0.15) is 18.5 Å². The molecule has 218 valence electrons. The van der Waals surface area contributed by atoms with Gasteiger partial charge in [-0.25, -0.2) is 9.55 Å². The Morgan fingerprint density at radius 2 is 1.61 bits per heavy atom. The Balaban J connectivity index is 1.49. The largest absolute Gasteiger partial charge is 0.473 e. The van der Waals surface area contributed by atoms with Gasteiger partial charge < -0.3 is 18.9 Å². The maximum Gasteiger partial charge on any atom is 0.472 e. The quantitative estimate of drug-likeness (QED) is 0.0949. The van der Waals surface area contributed by atoms with Gasteiger partial charge in [0.05, 0.1) is 18.2 Å². The van der Waals surface area contributed by atoms with Crippen molar-refractivity contribution in [2.45, 2.75) is 109 Å². The second kappa shape index (κ2) is 20.6. The predicted molar refractivity (Wildman–Crippen MR) is 150 cm³/mol. The van der Waals surface area contributed by atoms with Crippen molar-refractivity contribution in [3.8, 4) is 5.88 Å². The van der Waals surface area contributed by atoms with Crippen molar-refractivity contribution in [3.63, 3.8) is 0 Å². The number of methoxy groups -OCH3 is 1. The van der Waals surface area contributed by atoms with Gasteiger partial charge in [0.15, 0.2) is 0 Å².